The zero-order valence-electron chi connectivity index (χ0n) is 17.5. The molecule has 0 N–H and O–H groups in total. The van der Waals surface area contributed by atoms with Crippen LogP contribution in [-0.2, 0) is 13.6 Å². The predicted octanol–water partition coefficient (Wildman–Crippen LogP) is 0.0480. The van der Waals surface area contributed by atoms with E-state index in [1.165, 1.54) is 15.8 Å². The molecule has 1 aliphatic rings. The van der Waals surface area contributed by atoms with E-state index in [0.717, 1.165) is 25.6 Å². The maximum Gasteiger partial charge on any atom is 0.271 e. The number of pyridine rings is 1. The van der Waals surface area contributed by atoms with Crippen LogP contribution in [0.15, 0.2) is 70.4 Å². The number of aromatic nitrogens is 2. The molecule has 0 fully saturated rings. The fourth-order valence-electron chi connectivity index (χ4n) is 3.90. The quantitative estimate of drug-likeness (QED) is 0.257. The van der Waals surface area contributed by atoms with Crippen molar-refractivity contribution in [3.63, 3.8) is 0 Å². The maximum absolute atomic E-state index is 13.3. The highest BCUT2D eigenvalue weighted by Crippen LogP contribution is 2.44. The third-order valence-electron chi connectivity index (χ3n) is 5.55. The molecule has 7 heteroatoms. The van der Waals surface area contributed by atoms with Crippen LogP contribution in [0.1, 0.15) is 12.6 Å². The molecule has 0 unspecified atom stereocenters. The number of para-hydroxylation sites is 2. The summed E-state index contributed by atoms with van der Waals surface area (Å²) >= 11 is 3.25. The van der Waals surface area contributed by atoms with E-state index in [1.54, 1.807) is 23.1 Å². The summed E-state index contributed by atoms with van der Waals surface area (Å²) in [6.45, 7) is 2.67. The topological polar surface area (TPSA) is 29.1 Å². The van der Waals surface area contributed by atoms with Gasteiger partial charge in [0.2, 0.25) is 11.2 Å². The highest BCUT2D eigenvalue weighted by Gasteiger charge is 2.24. The van der Waals surface area contributed by atoms with Crippen LogP contribution in [0.4, 0.5) is 5.69 Å². The largest absolute Gasteiger partial charge is 1.00 e. The molecule has 2 aromatic carbocycles. The van der Waals surface area contributed by atoms with E-state index in [0.29, 0.717) is 6.54 Å². The smallest absolute Gasteiger partial charge is 0.271 e. The van der Waals surface area contributed by atoms with E-state index >= 15 is 0 Å². The Balaban J connectivity index is 0.00000231. The summed E-state index contributed by atoms with van der Waals surface area (Å²) in [6.07, 6.45) is 2.12. The van der Waals surface area contributed by atoms with Gasteiger partial charge in [-0.2, -0.15) is 4.57 Å². The van der Waals surface area contributed by atoms with Gasteiger partial charge >= 0.3 is 0 Å². The van der Waals surface area contributed by atoms with Crippen LogP contribution < -0.4 is 48.2 Å². The summed E-state index contributed by atoms with van der Waals surface area (Å²) in [7, 11) is 4.11. The van der Waals surface area contributed by atoms with Crippen molar-refractivity contribution in [3.8, 4) is 0 Å². The first-order valence-electron chi connectivity index (χ1n) is 9.92. The number of hydrogen-bond acceptors (Lipinski definition) is 4. The number of thiazole rings is 1. The van der Waals surface area contributed by atoms with Crippen LogP contribution in [0.2, 0.25) is 0 Å². The minimum atomic E-state index is 0. The third kappa shape index (κ3) is 3.72. The van der Waals surface area contributed by atoms with E-state index in [-0.39, 0.29) is 29.5 Å². The lowest BCUT2D eigenvalue weighted by Gasteiger charge is -2.11. The van der Waals surface area contributed by atoms with E-state index in [1.807, 2.05) is 30.7 Å². The van der Waals surface area contributed by atoms with Gasteiger partial charge in [-0.15, -0.1) is 11.3 Å². The molecule has 0 saturated carbocycles. The Morgan fingerprint density at radius 2 is 1.77 bits per heavy atom. The summed E-state index contributed by atoms with van der Waals surface area (Å²) in [6, 6.07) is 20.9. The van der Waals surface area contributed by atoms with Crippen molar-refractivity contribution in [2.45, 2.75) is 18.4 Å². The average Bonchev–Trinajstić information content (AvgIpc) is 3.26. The van der Waals surface area contributed by atoms with Gasteiger partial charge in [0.15, 0.2) is 0 Å². The van der Waals surface area contributed by atoms with Crippen LogP contribution in [0.5, 0.6) is 0 Å². The lowest BCUT2D eigenvalue weighted by atomic mass is 10.2. The molecule has 5 rings (SSSR count). The van der Waals surface area contributed by atoms with E-state index in [2.05, 4.69) is 71.1 Å². The summed E-state index contributed by atoms with van der Waals surface area (Å²) < 4.78 is 5.83. The highest BCUT2D eigenvalue weighted by molar-refractivity contribution is 8.08. The number of rotatable bonds is 2. The standard InChI is InChI=1S/C24H22N3OS2.HI/c1-4-27-21(15-17-14-13-16-9-5-6-10-18(16)25(17)2)30-22(23(27)28)24-26(3)19-11-7-8-12-20(19)29-24;/h5-15H,4H2,1-3H3;1H/q+1;/p-1/b24-22-;. The molecular weight excluding hydrogens is 537 g/mol. The number of thioether (sulfide) groups is 1. The predicted molar refractivity (Wildman–Crippen MR) is 126 cm³/mol. The maximum atomic E-state index is 13.3. The Morgan fingerprint density at radius 3 is 2.55 bits per heavy atom. The van der Waals surface area contributed by atoms with E-state index < -0.39 is 0 Å². The van der Waals surface area contributed by atoms with Gasteiger partial charge in [-0.3, -0.25) is 9.36 Å². The summed E-state index contributed by atoms with van der Waals surface area (Å²) in [5.74, 6) is 0. The van der Waals surface area contributed by atoms with Gasteiger partial charge in [0, 0.05) is 42.1 Å². The Hall–Kier alpha value is -2.10. The highest BCUT2D eigenvalue weighted by atomic mass is 127. The monoisotopic (exact) mass is 559 g/mol. The number of fused-ring (bicyclic) bond motifs is 2. The van der Waals surface area contributed by atoms with Crippen LogP contribution in [0, 0.1) is 0 Å². The average molecular weight is 559 g/mol. The Bertz CT molecular complexity index is 1470. The number of aryl methyl sites for hydroxylation is 1. The van der Waals surface area contributed by atoms with E-state index in [9.17, 15) is 4.79 Å². The molecule has 1 aliphatic heterocycles. The normalized spacial score (nSPS) is 15.3. The zero-order valence-corrected chi connectivity index (χ0v) is 21.3. The molecule has 0 amide bonds. The second kappa shape index (κ2) is 8.80. The number of hydrogen-bond donors (Lipinski definition) is 0. The van der Waals surface area contributed by atoms with Gasteiger partial charge < -0.3 is 28.9 Å². The van der Waals surface area contributed by atoms with Crippen molar-refractivity contribution in [2.24, 2.45) is 7.05 Å². The molecule has 0 radical (unpaired) electrons. The van der Waals surface area contributed by atoms with Crippen molar-refractivity contribution in [1.82, 2.24) is 4.57 Å². The number of benzene rings is 2. The molecule has 0 aliphatic carbocycles. The second-order valence-electron chi connectivity index (χ2n) is 7.27. The van der Waals surface area contributed by atoms with E-state index in [4.69, 9.17) is 0 Å². The molecule has 0 bridgehead atoms. The first-order chi connectivity index (χ1) is 14.6. The molecule has 4 aromatic rings. The van der Waals surface area contributed by atoms with Crippen molar-refractivity contribution in [2.75, 3.05) is 11.9 Å². The second-order valence-corrected chi connectivity index (χ2v) is 9.33. The fraction of sp³-hybridized carbons (Fsp3) is 0.167. The molecule has 3 heterocycles. The summed E-state index contributed by atoms with van der Waals surface area (Å²) in [5, 5.41) is 2.21. The summed E-state index contributed by atoms with van der Waals surface area (Å²) in [4.78, 5) is 16.6. The summed E-state index contributed by atoms with van der Waals surface area (Å²) in [5.41, 5.74) is 3.48. The van der Waals surface area contributed by atoms with Crippen LogP contribution >= 0.6 is 23.1 Å². The Labute approximate surface area is 206 Å². The first kappa shape index (κ1) is 22.1. The van der Waals surface area contributed by atoms with Crippen molar-refractivity contribution in [1.29, 1.82) is 0 Å². The van der Waals surface area contributed by atoms with Crippen LogP contribution in [0.3, 0.4) is 0 Å². The molecular formula is C24H22IN3OS2. The van der Waals surface area contributed by atoms with Gasteiger partial charge in [0.25, 0.3) is 5.56 Å². The van der Waals surface area contributed by atoms with Gasteiger partial charge in [-0.05, 0) is 31.2 Å². The van der Waals surface area contributed by atoms with Gasteiger partial charge in [0.05, 0.1) is 5.69 Å². The molecule has 31 heavy (non-hydrogen) atoms. The third-order valence-corrected chi connectivity index (χ3v) is 8.04. The lowest BCUT2D eigenvalue weighted by molar-refractivity contribution is -0.646. The van der Waals surface area contributed by atoms with Crippen LogP contribution in [0.25, 0.3) is 22.0 Å². The number of halogens is 1. The first-order valence-corrected chi connectivity index (χ1v) is 11.6. The fourth-order valence-corrected chi connectivity index (χ4v) is 6.36. The molecule has 0 spiro atoms. The van der Waals surface area contributed by atoms with Gasteiger partial charge in [-0.1, -0.05) is 36.0 Å². The molecule has 2 aromatic heterocycles. The Kier molecular flexibility index (Phi) is 6.27. The van der Waals surface area contributed by atoms with Crippen molar-refractivity contribution >= 4 is 50.8 Å². The molecule has 0 atom stereocenters. The molecule has 0 saturated heterocycles. The number of anilines is 1. The SMILES string of the molecule is CCn1c(=O)/c(=C2/Sc3ccccc3N2C)s/c1=C/c1ccc2ccccc2[n+]1C.[I-]. The van der Waals surface area contributed by atoms with Crippen molar-refractivity contribution < 1.29 is 28.5 Å². The minimum absolute atomic E-state index is 0. The minimum Gasteiger partial charge on any atom is -1.00 e. The molecule has 158 valence electrons. The molecule has 4 nitrogen and oxygen atoms in total. The lowest BCUT2D eigenvalue weighted by Crippen LogP contribution is -3.00. The van der Waals surface area contributed by atoms with Crippen LogP contribution in [-0.4, -0.2) is 11.6 Å². The van der Waals surface area contributed by atoms with Gasteiger partial charge in [0.1, 0.15) is 21.3 Å². The number of nitrogens with zero attached hydrogens (tertiary/aromatic N) is 3. The Morgan fingerprint density at radius 1 is 1.03 bits per heavy atom. The van der Waals surface area contributed by atoms with Crippen molar-refractivity contribution in [3.05, 3.63) is 85.9 Å². The van der Waals surface area contributed by atoms with Gasteiger partial charge in [-0.25, -0.2) is 0 Å². The zero-order chi connectivity index (χ0) is 20.8.